The van der Waals surface area contributed by atoms with Crippen molar-refractivity contribution in [3.8, 4) is 11.5 Å². The van der Waals surface area contributed by atoms with E-state index in [1.54, 1.807) is 20.1 Å². The van der Waals surface area contributed by atoms with Gasteiger partial charge in [0.2, 0.25) is 9.76 Å². The molecule has 0 amide bonds. The molecular weight excluding hydrogens is 364 g/mol. The Morgan fingerprint density at radius 2 is 2.04 bits per heavy atom. The van der Waals surface area contributed by atoms with Crippen LogP contribution >= 0.6 is 0 Å². The van der Waals surface area contributed by atoms with Crippen molar-refractivity contribution >= 4 is 24.0 Å². The van der Waals surface area contributed by atoms with Gasteiger partial charge in [-0.25, -0.2) is 4.79 Å². The van der Waals surface area contributed by atoms with Crippen LogP contribution in [0.3, 0.4) is 0 Å². The molecule has 144 valence electrons. The highest BCUT2D eigenvalue weighted by Gasteiger charge is 2.21. The van der Waals surface area contributed by atoms with E-state index in [2.05, 4.69) is 19.7 Å². The van der Waals surface area contributed by atoms with Gasteiger partial charge >= 0.3 is 5.97 Å². The summed E-state index contributed by atoms with van der Waals surface area (Å²) in [6.07, 6.45) is 2.81. The van der Waals surface area contributed by atoms with Crippen molar-refractivity contribution in [1.82, 2.24) is 0 Å². The molecular formula is C19H30O5Si2. The minimum Gasteiger partial charge on any atom is -0.504 e. The number of phenols is 1. The van der Waals surface area contributed by atoms with E-state index in [0.717, 1.165) is 36.9 Å². The molecule has 0 bridgehead atoms. The highest BCUT2D eigenvalue weighted by Crippen LogP contribution is 2.27. The van der Waals surface area contributed by atoms with Gasteiger partial charge in [0.05, 0.1) is 13.7 Å². The molecule has 1 aromatic carbocycles. The molecule has 1 rings (SSSR count). The fraction of sp³-hybridized carbons (Fsp3) is 0.526. The van der Waals surface area contributed by atoms with E-state index in [1.807, 2.05) is 12.1 Å². The number of hydrogen-bond donors (Lipinski definition) is 1. The van der Waals surface area contributed by atoms with Crippen LogP contribution in [0.15, 0.2) is 30.4 Å². The molecule has 0 aliphatic carbocycles. The van der Waals surface area contributed by atoms with Gasteiger partial charge in [0.25, 0.3) is 0 Å². The average molecular weight is 395 g/mol. The van der Waals surface area contributed by atoms with Gasteiger partial charge in [-0.05, 0) is 69.1 Å². The first-order valence-corrected chi connectivity index (χ1v) is 13.1. The third kappa shape index (κ3) is 8.69. The van der Waals surface area contributed by atoms with Crippen molar-refractivity contribution in [1.29, 1.82) is 0 Å². The van der Waals surface area contributed by atoms with Crippen LogP contribution < -0.4 is 4.74 Å². The normalized spacial score (nSPS) is 11.2. The molecule has 0 aromatic heterocycles. The Morgan fingerprint density at radius 1 is 1.31 bits per heavy atom. The largest absolute Gasteiger partial charge is 0.504 e. The van der Waals surface area contributed by atoms with E-state index in [4.69, 9.17) is 13.6 Å². The van der Waals surface area contributed by atoms with Gasteiger partial charge in [0, 0.05) is 5.57 Å². The molecule has 7 heteroatoms. The van der Waals surface area contributed by atoms with Gasteiger partial charge in [-0.3, -0.25) is 0 Å². The number of carbonyl (C=O) groups is 1. The molecule has 0 aliphatic heterocycles. The summed E-state index contributed by atoms with van der Waals surface area (Å²) in [4.78, 5) is 11.3. The number of rotatable bonds is 12. The van der Waals surface area contributed by atoms with Crippen molar-refractivity contribution in [3.63, 3.8) is 0 Å². The Labute approximate surface area is 160 Å². The van der Waals surface area contributed by atoms with E-state index in [0.29, 0.717) is 27.7 Å². The van der Waals surface area contributed by atoms with E-state index in [-0.39, 0.29) is 11.7 Å². The quantitative estimate of drug-likeness (QED) is 0.250. The smallest absolute Gasteiger partial charge is 0.333 e. The molecule has 1 aromatic rings. The Kier molecular flexibility index (Phi) is 9.68. The van der Waals surface area contributed by atoms with Crippen LogP contribution in [0.5, 0.6) is 11.5 Å². The Balaban J connectivity index is 2.21. The molecule has 0 saturated heterocycles. The minimum absolute atomic E-state index is 0.171. The van der Waals surface area contributed by atoms with Gasteiger partial charge < -0.3 is 18.7 Å². The average Bonchev–Trinajstić information content (AvgIpc) is 2.58. The number of esters is 1. The van der Waals surface area contributed by atoms with Gasteiger partial charge in [-0.1, -0.05) is 12.6 Å². The van der Waals surface area contributed by atoms with Crippen molar-refractivity contribution in [3.05, 3.63) is 35.9 Å². The molecule has 2 radical (unpaired) electrons. The van der Waals surface area contributed by atoms with Crippen LogP contribution in [-0.2, 0) is 20.1 Å². The molecule has 0 aliphatic rings. The fourth-order valence-corrected chi connectivity index (χ4v) is 6.02. The number of hydrogen-bond acceptors (Lipinski definition) is 5. The topological polar surface area (TPSA) is 65.0 Å². The lowest BCUT2D eigenvalue weighted by Gasteiger charge is -2.23. The molecule has 26 heavy (non-hydrogen) atoms. The van der Waals surface area contributed by atoms with E-state index in [1.165, 1.54) is 0 Å². The lowest BCUT2D eigenvalue weighted by Crippen LogP contribution is -2.32. The van der Waals surface area contributed by atoms with Crippen LogP contribution in [-0.4, -0.2) is 42.9 Å². The number of ether oxygens (including phenoxy) is 2. The molecule has 0 fully saturated rings. The zero-order valence-electron chi connectivity index (χ0n) is 16.3. The van der Waals surface area contributed by atoms with Gasteiger partial charge in [0.1, 0.15) is 0 Å². The van der Waals surface area contributed by atoms with Crippen LogP contribution in [0.1, 0.15) is 25.3 Å². The summed E-state index contributed by atoms with van der Waals surface area (Å²) in [7, 11) is 0.329. The first-order chi connectivity index (χ1) is 12.2. The number of benzene rings is 1. The zero-order chi connectivity index (χ0) is 19.6. The standard InChI is InChI=1S/C19H30O5Si2/c1-15(2)19(21)23-11-7-12-25-24-26(4,5)13-6-8-16-9-10-17(20)18(14-16)22-3/h9-10,14,20H,1,6-8,11-13H2,2-5H3. The second-order valence-electron chi connectivity index (χ2n) is 6.89. The molecule has 0 spiro atoms. The molecule has 0 atom stereocenters. The lowest BCUT2D eigenvalue weighted by molar-refractivity contribution is -0.138. The molecule has 1 N–H and O–H groups in total. The number of carbonyl (C=O) groups excluding carboxylic acids is 1. The van der Waals surface area contributed by atoms with Crippen molar-refractivity contribution < 1.29 is 23.5 Å². The summed E-state index contributed by atoms with van der Waals surface area (Å²) < 4.78 is 16.3. The van der Waals surface area contributed by atoms with Crippen LogP contribution in [0, 0.1) is 0 Å². The number of aromatic hydroxyl groups is 1. The monoisotopic (exact) mass is 394 g/mol. The Bertz CT molecular complexity index is 602. The van der Waals surface area contributed by atoms with Crippen LogP contribution in [0.4, 0.5) is 0 Å². The van der Waals surface area contributed by atoms with Crippen molar-refractivity contribution in [2.24, 2.45) is 0 Å². The van der Waals surface area contributed by atoms with Gasteiger partial charge in [-0.15, -0.1) is 0 Å². The Hall–Kier alpha value is -1.58. The van der Waals surface area contributed by atoms with Gasteiger partial charge in [-0.2, -0.15) is 0 Å². The third-order valence-corrected chi connectivity index (χ3v) is 8.74. The summed E-state index contributed by atoms with van der Waals surface area (Å²) in [6, 6.07) is 7.48. The maximum Gasteiger partial charge on any atom is 0.333 e. The third-order valence-electron chi connectivity index (χ3n) is 3.84. The Morgan fingerprint density at radius 3 is 2.69 bits per heavy atom. The summed E-state index contributed by atoms with van der Waals surface area (Å²) in [5.41, 5.74) is 1.59. The fourth-order valence-electron chi connectivity index (χ4n) is 2.33. The SMILES string of the molecule is C=C(C)C(=O)OCCC[Si]O[Si](C)(C)CCCc1ccc(O)c(OC)c1. The minimum atomic E-state index is -1.68. The summed E-state index contributed by atoms with van der Waals surface area (Å²) in [6.45, 7) is 10.1. The van der Waals surface area contributed by atoms with E-state index in [9.17, 15) is 9.90 Å². The van der Waals surface area contributed by atoms with Crippen molar-refractivity contribution in [2.45, 2.75) is 51.4 Å². The van der Waals surface area contributed by atoms with Crippen LogP contribution in [0.2, 0.25) is 25.2 Å². The molecule has 0 unspecified atom stereocenters. The van der Waals surface area contributed by atoms with Gasteiger partial charge in [0.15, 0.2) is 19.8 Å². The summed E-state index contributed by atoms with van der Waals surface area (Å²) >= 11 is 0. The zero-order valence-corrected chi connectivity index (χ0v) is 18.3. The molecule has 0 heterocycles. The first kappa shape index (κ1) is 22.5. The molecule has 0 saturated carbocycles. The predicted molar refractivity (Wildman–Crippen MR) is 107 cm³/mol. The summed E-state index contributed by atoms with van der Waals surface area (Å²) in [5, 5.41) is 9.64. The summed E-state index contributed by atoms with van der Waals surface area (Å²) in [5.74, 6) is 0.364. The van der Waals surface area contributed by atoms with Crippen molar-refractivity contribution in [2.75, 3.05) is 13.7 Å². The predicted octanol–water partition coefficient (Wildman–Crippen LogP) is 4.10. The van der Waals surface area contributed by atoms with E-state index >= 15 is 0 Å². The maximum atomic E-state index is 11.3. The second kappa shape index (κ2) is 11.2. The highest BCUT2D eigenvalue weighted by molar-refractivity contribution is 6.75. The van der Waals surface area contributed by atoms with E-state index < -0.39 is 8.32 Å². The number of aryl methyl sites for hydroxylation is 1. The first-order valence-electron chi connectivity index (χ1n) is 8.84. The second-order valence-corrected chi connectivity index (χ2v) is 12.5. The van der Waals surface area contributed by atoms with Crippen LogP contribution in [0.25, 0.3) is 0 Å². The maximum absolute atomic E-state index is 11.3. The highest BCUT2D eigenvalue weighted by atomic mass is 28.4. The number of methoxy groups -OCH3 is 1. The molecule has 5 nitrogen and oxygen atoms in total. The number of phenolic OH excluding ortho intramolecular Hbond substituents is 1. The lowest BCUT2D eigenvalue weighted by atomic mass is 10.1.